The average Bonchev–Trinajstić information content (AvgIpc) is 2.91. The summed E-state index contributed by atoms with van der Waals surface area (Å²) in [5.74, 6) is -0.489. The summed E-state index contributed by atoms with van der Waals surface area (Å²) < 4.78 is 0. The minimum Gasteiger partial charge on any atom is -0.384 e. The van der Waals surface area contributed by atoms with Gasteiger partial charge in [0.25, 0.3) is 0 Å². The van der Waals surface area contributed by atoms with Crippen LogP contribution in [0.4, 0.5) is 11.5 Å². The Bertz CT molecular complexity index is 692. The van der Waals surface area contributed by atoms with Crippen LogP contribution >= 0.6 is 0 Å². The van der Waals surface area contributed by atoms with Crippen molar-refractivity contribution in [1.29, 1.82) is 0 Å². The van der Waals surface area contributed by atoms with E-state index in [1.165, 1.54) is 9.80 Å². The van der Waals surface area contributed by atoms with Crippen LogP contribution in [-0.4, -0.2) is 47.0 Å². The molecule has 1 aliphatic heterocycles. The van der Waals surface area contributed by atoms with E-state index >= 15 is 0 Å². The predicted octanol–water partition coefficient (Wildman–Crippen LogP) is 0.464. The van der Waals surface area contributed by atoms with E-state index in [1.54, 1.807) is 25.4 Å². The Labute approximate surface area is 121 Å². The molecule has 0 bridgehead atoms. The van der Waals surface area contributed by atoms with Gasteiger partial charge in [-0.3, -0.25) is 14.7 Å². The zero-order valence-electron chi connectivity index (χ0n) is 11.5. The summed E-state index contributed by atoms with van der Waals surface area (Å²) in [4.78, 5) is 26.6. The Hall–Kier alpha value is -2.83. The van der Waals surface area contributed by atoms with Crippen molar-refractivity contribution in [1.82, 2.24) is 15.1 Å². The normalized spacial score (nSPS) is 15.7. The number of benzene rings is 1. The molecule has 0 aliphatic carbocycles. The summed E-state index contributed by atoms with van der Waals surface area (Å²) in [6.45, 7) is 1.02. The fraction of sp³-hybridized carbons (Fsp3) is 0.214. The minimum absolute atomic E-state index is 0.482. The molecule has 1 fully saturated rings. The number of H-pyrrole nitrogens is 1. The molecule has 21 heavy (non-hydrogen) atoms. The van der Waals surface area contributed by atoms with Crippen molar-refractivity contribution in [2.24, 2.45) is 0 Å². The Balaban J connectivity index is 1.86. The van der Waals surface area contributed by atoms with Gasteiger partial charge >= 0.3 is 11.8 Å². The van der Waals surface area contributed by atoms with Crippen molar-refractivity contribution in [3.63, 3.8) is 0 Å². The fourth-order valence-corrected chi connectivity index (χ4v) is 2.33. The number of hydrogen-bond donors (Lipinski definition) is 2. The molecule has 1 aromatic heterocycles. The number of aromatic amines is 1. The maximum atomic E-state index is 12.0. The largest absolute Gasteiger partial charge is 0.384 e. The summed E-state index contributed by atoms with van der Waals surface area (Å²) in [5, 5.41) is 6.55. The second kappa shape index (κ2) is 4.93. The first-order chi connectivity index (χ1) is 10.1. The van der Waals surface area contributed by atoms with Crippen LogP contribution in [0.25, 0.3) is 11.1 Å². The highest BCUT2D eigenvalue weighted by Gasteiger charge is 2.31. The first-order valence-corrected chi connectivity index (χ1v) is 6.54. The first-order valence-electron chi connectivity index (χ1n) is 6.54. The lowest BCUT2D eigenvalue weighted by atomic mass is 10.1. The molecule has 1 aliphatic rings. The molecule has 3 rings (SSSR count). The van der Waals surface area contributed by atoms with Crippen molar-refractivity contribution < 1.29 is 9.59 Å². The topological polar surface area (TPSA) is 95.3 Å². The zero-order chi connectivity index (χ0) is 15.0. The molecule has 2 amide bonds. The summed E-state index contributed by atoms with van der Waals surface area (Å²) >= 11 is 0. The molecule has 0 atom stereocenters. The van der Waals surface area contributed by atoms with E-state index in [-0.39, 0.29) is 0 Å². The molecule has 1 aromatic carbocycles. The summed E-state index contributed by atoms with van der Waals surface area (Å²) in [6.07, 6.45) is 1.65. The molecule has 2 heterocycles. The van der Waals surface area contributed by atoms with E-state index in [0.29, 0.717) is 24.6 Å². The molecule has 0 unspecified atom stereocenters. The van der Waals surface area contributed by atoms with Crippen molar-refractivity contribution in [2.45, 2.75) is 0 Å². The molecule has 2 aromatic rings. The number of likely N-dealkylation sites (N-methyl/N-ethyl adjacent to an activating group) is 1. The van der Waals surface area contributed by atoms with E-state index in [4.69, 9.17) is 5.73 Å². The number of rotatable bonds is 2. The molecule has 0 radical (unpaired) electrons. The third-order valence-corrected chi connectivity index (χ3v) is 3.59. The van der Waals surface area contributed by atoms with Crippen molar-refractivity contribution in [3.05, 3.63) is 30.5 Å². The molecule has 3 N–H and O–H groups in total. The van der Waals surface area contributed by atoms with Gasteiger partial charge in [0.05, 0.1) is 6.20 Å². The lowest BCUT2D eigenvalue weighted by Gasteiger charge is -2.31. The van der Waals surface area contributed by atoms with Gasteiger partial charge in [0.15, 0.2) is 0 Å². The maximum absolute atomic E-state index is 12.0. The quantitative estimate of drug-likeness (QED) is 0.784. The van der Waals surface area contributed by atoms with Crippen LogP contribution in [0.3, 0.4) is 0 Å². The van der Waals surface area contributed by atoms with Gasteiger partial charge in [-0.15, -0.1) is 0 Å². The number of carbonyl (C=O) groups is 2. The SMILES string of the molecule is CN1CCN(c2ccc(-c3cn[nH]c3N)cc2)C(=O)C1=O. The van der Waals surface area contributed by atoms with Crippen LogP contribution in [0.2, 0.25) is 0 Å². The average molecular weight is 285 g/mol. The highest BCUT2D eigenvalue weighted by molar-refractivity contribution is 6.40. The molecular weight excluding hydrogens is 270 g/mol. The number of aromatic nitrogens is 2. The van der Waals surface area contributed by atoms with E-state index in [1.807, 2.05) is 12.1 Å². The summed E-state index contributed by atoms with van der Waals surface area (Å²) in [7, 11) is 1.63. The predicted molar refractivity (Wildman–Crippen MR) is 78.4 cm³/mol. The van der Waals surface area contributed by atoms with Gasteiger partial charge in [-0.2, -0.15) is 5.10 Å². The lowest BCUT2D eigenvalue weighted by molar-refractivity contribution is -0.145. The number of hydrogen-bond acceptors (Lipinski definition) is 4. The second-order valence-corrected chi connectivity index (χ2v) is 4.93. The van der Waals surface area contributed by atoms with Gasteiger partial charge in [-0.25, -0.2) is 0 Å². The van der Waals surface area contributed by atoms with Gasteiger partial charge in [-0.05, 0) is 17.7 Å². The van der Waals surface area contributed by atoms with Crippen LogP contribution in [0.15, 0.2) is 30.5 Å². The number of nitrogens with two attached hydrogens (primary N) is 1. The molecule has 108 valence electrons. The third-order valence-electron chi connectivity index (χ3n) is 3.59. The zero-order valence-corrected chi connectivity index (χ0v) is 11.5. The van der Waals surface area contributed by atoms with Crippen LogP contribution in [-0.2, 0) is 9.59 Å². The van der Waals surface area contributed by atoms with Crippen molar-refractivity contribution in [3.8, 4) is 11.1 Å². The van der Waals surface area contributed by atoms with Crippen molar-refractivity contribution >= 4 is 23.3 Å². The molecule has 1 saturated heterocycles. The van der Waals surface area contributed by atoms with E-state index in [9.17, 15) is 9.59 Å². The van der Waals surface area contributed by atoms with Gasteiger partial charge in [0.1, 0.15) is 5.82 Å². The molecule has 7 nitrogen and oxygen atoms in total. The Kier molecular flexibility index (Phi) is 3.09. The van der Waals surface area contributed by atoms with Crippen LogP contribution in [0, 0.1) is 0 Å². The summed E-state index contributed by atoms with van der Waals surface area (Å²) in [6, 6.07) is 7.32. The number of piperazine rings is 1. The van der Waals surface area contributed by atoms with Crippen LogP contribution in [0.1, 0.15) is 0 Å². The van der Waals surface area contributed by atoms with Crippen LogP contribution < -0.4 is 10.6 Å². The number of carbonyl (C=O) groups excluding carboxylic acids is 2. The molecular formula is C14H15N5O2. The maximum Gasteiger partial charge on any atom is 0.316 e. The number of nitrogens with zero attached hydrogens (tertiary/aromatic N) is 3. The van der Waals surface area contributed by atoms with E-state index in [0.717, 1.165) is 11.1 Å². The van der Waals surface area contributed by atoms with Gasteiger partial charge in [-0.1, -0.05) is 12.1 Å². The van der Waals surface area contributed by atoms with E-state index < -0.39 is 11.8 Å². The minimum atomic E-state index is -0.501. The Morgan fingerprint density at radius 2 is 1.86 bits per heavy atom. The van der Waals surface area contributed by atoms with E-state index in [2.05, 4.69) is 10.2 Å². The summed E-state index contributed by atoms with van der Waals surface area (Å²) in [5.41, 5.74) is 8.19. The highest BCUT2D eigenvalue weighted by Crippen LogP contribution is 2.26. The third kappa shape index (κ3) is 2.22. The standard InChI is InChI=1S/C14H15N5O2/c1-18-6-7-19(14(21)13(18)20)10-4-2-9(3-5-10)11-8-16-17-12(11)15/h2-5,8H,6-7H2,1H3,(H3,15,16,17). The number of nitrogens with one attached hydrogen (secondary N) is 1. The number of anilines is 2. The monoisotopic (exact) mass is 285 g/mol. The van der Waals surface area contributed by atoms with Crippen LogP contribution in [0.5, 0.6) is 0 Å². The lowest BCUT2D eigenvalue weighted by Crippen LogP contribution is -2.52. The number of nitrogen functional groups attached to an aromatic ring is 1. The van der Waals surface area contributed by atoms with Crippen molar-refractivity contribution in [2.75, 3.05) is 30.8 Å². The Morgan fingerprint density at radius 1 is 1.14 bits per heavy atom. The Morgan fingerprint density at radius 3 is 2.48 bits per heavy atom. The van der Waals surface area contributed by atoms with Gasteiger partial charge < -0.3 is 15.5 Å². The smallest absolute Gasteiger partial charge is 0.316 e. The number of amides is 2. The van der Waals surface area contributed by atoms with Gasteiger partial charge in [0, 0.05) is 31.4 Å². The first kappa shape index (κ1) is 13.2. The highest BCUT2D eigenvalue weighted by atomic mass is 16.2. The molecule has 0 saturated carbocycles. The fourth-order valence-electron chi connectivity index (χ4n) is 2.33. The van der Waals surface area contributed by atoms with Gasteiger partial charge in [0.2, 0.25) is 0 Å². The second-order valence-electron chi connectivity index (χ2n) is 4.93. The molecule has 0 spiro atoms. The molecule has 7 heteroatoms.